The molecule has 2 aromatic carbocycles. The number of carbonyl (C=O) groups is 2. The van der Waals surface area contributed by atoms with Gasteiger partial charge in [0.15, 0.2) is 0 Å². The third kappa shape index (κ3) is 5.39. The largest absolute Gasteiger partial charge is 0.497 e. The van der Waals surface area contributed by atoms with Crippen LogP contribution in [-0.2, 0) is 0 Å². The van der Waals surface area contributed by atoms with E-state index in [2.05, 4.69) is 10.6 Å². The molecule has 0 unspecified atom stereocenters. The first kappa shape index (κ1) is 19.5. The highest BCUT2D eigenvalue weighted by molar-refractivity contribution is 5.89. The molecule has 3 rings (SSSR count). The highest BCUT2D eigenvalue weighted by Gasteiger charge is 2.23. The van der Waals surface area contributed by atoms with Gasteiger partial charge in [0.2, 0.25) is 0 Å². The Morgan fingerprint density at radius 1 is 0.929 bits per heavy atom. The van der Waals surface area contributed by atoms with Crippen LogP contribution in [0.2, 0.25) is 0 Å². The summed E-state index contributed by atoms with van der Waals surface area (Å²) in [4.78, 5) is 23.0. The van der Waals surface area contributed by atoms with Gasteiger partial charge in [0.25, 0.3) is 0 Å². The second-order valence-corrected chi connectivity index (χ2v) is 6.75. The van der Waals surface area contributed by atoms with Gasteiger partial charge in [-0.25, -0.2) is 9.59 Å². The van der Waals surface area contributed by atoms with E-state index in [9.17, 15) is 9.59 Å². The third-order valence-corrected chi connectivity index (χ3v) is 4.76. The highest BCUT2D eigenvalue weighted by Crippen LogP contribution is 2.24. The van der Waals surface area contributed by atoms with Gasteiger partial charge in [-0.05, 0) is 74.2 Å². The number of ether oxygens (including phenoxy) is 2. The molecule has 7 nitrogen and oxygen atoms in total. The fraction of sp³-hybridized carbons (Fsp3) is 0.333. The number of carboxylic acids is 1. The van der Waals surface area contributed by atoms with Crippen molar-refractivity contribution in [2.45, 2.75) is 37.8 Å². The molecule has 1 saturated carbocycles. The maximum absolute atomic E-state index is 12.2. The fourth-order valence-electron chi connectivity index (χ4n) is 3.22. The number of rotatable bonds is 6. The van der Waals surface area contributed by atoms with Crippen LogP contribution in [0.5, 0.6) is 11.5 Å². The SMILES string of the molecule is COc1ccc(NC(=O)NC2CCC(Oc3ccc(C(=O)O)cc3)CC2)cc1. The summed E-state index contributed by atoms with van der Waals surface area (Å²) in [6.07, 6.45) is 3.38. The van der Waals surface area contributed by atoms with Crippen molar-refractivity contribution >= 4 is 17.7 Å². The van der Waals surface area contributed by atoms with E-state index in [1.54, 1.807) is 43.5 Å². The Morgan fingerprint density at radius 2 is 1.54 bits per heavy atom. The number of benzene rings is 2. The van der Waals surface area contributed by atoms with Crippen LogP contribution in [0, 0.1) is 0 Å². The lowest BCUT2D eigenvalue weighted by Crippen LogP contribution is -2.41. The van der Waals surface area contributed by atoms with Crippen molar-refractivity contribution in [3.63, 3.8) is 0 Å². The molecule has 0 aromatic heterocycles. The summed E-state index contributed by atoms with van der Waals surface area (Å²) in [6.45, 7) is 0. The van der Waals surface area contributed by atoms with Gasteiger partial charge in [-0.1, -0.05) is 0 Å². The van der Waals surface area contributed by atoms with Gasteiger partial charge in [0, 0.05) is 11.7 Å². The molecule has 0 heterocycles. The quantitative estimate of drug-likeness (QED) is 0.702. The van der Waals surface area contributed by atoms with E-state index in [-0.39, 0.29) is 23.7 Å². The molecule has 0 saturated heterocycles. The van der Waals surface area contributed by atoms with Crippen LogP contribution < -0.4 is 20.1 Å². The van der Waals surface area contributed by atoms with Crippen molar-refractivity contribution in [1.29, 1.82) is 0 Å². The number of methoxy groups -OCH3 is 1. The van der Waals surface area contributed by atoms with Crippen LogP contribution in [0.25, 0.3) is 0 Å². The zero-order valence-corrected chi connectivity index (χ0v) is 15.7. The molecule has 2 amide bonds. The number of amides is 2. The minimum atomic E-state index is -0.953. The van der Waals surface area contributed by atoms with Crippen LogP contribution in [0.4, 0.5) is 10.5 Å². The number of anilines is 1. The van der Waals surface area contributed by atoms with Gasteiger partial charge in [0.1, 0.15) is 11.5 Å². The topological polar surface area (TPSA) is 96.9 Å². The maximum Gasteiger partial charge on any atom is 0.335 e. The summed E-state index contributed by atoms with van der Waals surface area (Å²) in [5, 5.41) is 14.7. The average molecular weight is 384 g/mol. The summed E-state index contributed by atoms with van der Waals surface area (Å²) in [5.41, 5.74) is 0.947. The molecule has 1 fully saturated rings. The molecule has 0 radical (unpaired) electrons. The molecule has 2 aromatic rings. The molecule has 148 valence electrons. The summed E-state index contributed by atoms with van der Waals surface area (Å²) in [7, 11) is 1.60. The first-order valence-corrected chi connectivity index (χ1v) is 9.25. The summed E-state index contributed by atoms with van der Waals surface area (Å²) >= 11 is 0. The molecular formula is C21H24N2O5. The summed E-state index contributed by atoms with van der Waals surface area (Å²) in [6, 6.07) is 13.5. The molecule has 1 aliphatic rings. The van der Waals surface area contributed by atoms with E-state index in [1.165, 1.54) is 12.1 Å². The normalized spacial score (nSPS) is 18.8. The fourth-order valence-corrected chi connectivity index (χ4v) is 3.22. The smallest absolute Gasteiger partial charge is 0.335 e. The lowest BCUT2D eigenvalue weighted by atomic mass is 9.93. The predicted molar refractivity (Wildman–Crippen MR) is 105 cm³/mol. The first-order valence-electron chi connectivity index (χ1n) is 9.25. The Labute approximate surface area is 163 Å². The molecular weight excluding hydrogens is 360 g/mol. The molecule has 3 N–H and O–H groups in total. The predicted octanol–water partition coefficient (Wildman–Crippen LogP) is 3.91. The molecule has 1 aliphatic carbocycles. The Bertz CT molecular complexity index is 797. The monoisotopic (exact) mass is 384 g/mol. The van der Waals surface area contributed by atoms with Crippen molar-refractivity contribution < 1.29 is 24.2 Å². The lowest BCUT2D eigenvalue weighted by molar-refractivity contribution is 0.0696. The van der Waals surface area contributed by atoms with Crippen LogP contribution in [0.3, 0.4) is 0 Å². The van der Waals surface area contributed by atoms with Gasteiger partial charge in [-0.15, -0.1) is 0 Å². The van der Waals surface area contributed by atoms with Crippen LogP contribution in [0.1, 0.15) is 36.0 Å². The number of urea groups is 1. The van der Waals surface area contributed by atoms with Gasteiger partial charge in [0.05, 0.1) is 18.8 Å². The number of hydrogen-bond donors (Lipinski definition) is 3. The first-order chi connectivity index (χ1) is 13.5. The van der Waals surface area contributed by atoms with Crippen molar-refractivity contribution in [1.82, 2.24) is 5.32 Å². The van der Waals surface area contributed by atoms with E-state index >= 15 is 0 Å². The Kier molecular flexibility index (Phi) is 6.37. The molecule has 0 spiro atoms. The second-order valence-electron chi connectivity index (χ2n) is 6.75. The van der Waals surface area contributed by atoms with E-state index in [0.29, 0.717) is 11.4 Å². The van der Waals surface area contributed by atoms with Crippen molar-refractivity contribution in [3.05, 3.63) is 54.1 Å². The van der Waals surface area contributed by atoms with E-state index in [4.69, 9.17) is 14.6 Å². The highest BCUT2D eigenvalue weighted by atomic mass is 16.5. The number of nitrogens with one attached hydrogen (secondary N) is 2. The number of aromatic carboxylic acids is 1. The molecule has 0 aliphatic heterocycles. The zero-order chi connectivity index (χ0) is 19.9. The van der Waals surface area contributed by atoms with Gasteiger partial charge in [-0.3, -0.25) is 0 Å². The van der Waals surface area contributed by atoms with Crippen LogP contribution >= 0.6 is 0 Å². The Hall–Kier alpha value is -3.22. The van der Waals surface area contributed by atoms with Gasteiger partial charge < -0.3 is 25.2 Å². The van der Waals surface area contributed by atoms with Crippen LogP contribution in [-0.4, -0.2) is 36.4 Å². The molecule has 0 bridgehead atoms. The maximum atomic E-state index is 12.2. The summed E-state index contributed by atoms with van der Waals surface area (Å²) < 4.78 is 11.0. The molecule has 0 atom stereocenters. The second kappa shape index (κ2) is 9.12. The van der Waals surface area contributed by atoms with Gasteiger partial charge in [-0.2, -0.15) is 0 Å². The lowest BCUT2D eigenvalue weighted by Gasteiger charge is -2.29. The van der Waals surface area contributed by atoms with Gasteiger partial charge >= 0.3 is 12.0 Å². The zero-order valence-electron chi connectivity index (χ0n) is 15.7. The Balaban J connectivity index is 1.41. The van der Waals surface area contributed by atoms with E-state index in [0.717, 1.165) is 31.4 Å². The average Bonchev–Trinajstić information content (AvgIpc) is 2.70. The number of hydrogen-bond acceptors (Lipinski definition) is 4. The van der Waals surface area contributed by atoms with E-state index in [1.807, 2.05) is 0 Å². The minimum absolute atomic E-state index is 0.0679. The number of carboxylic acid groups (broad SMARTS) is 1. The molecule has 7 heteroatoms. The number of carbonyl (C=O) groups excluding carboxylic acids is 1. The molecule has 28 heavy (non-hydrogen) atoms. The summed E-state index contributed by atoms with van der Waals surface area (Å²) in [5.74, 6) is 0.451. The van der Waals surface area contributed by atoms with Crippen molar-refractivity contribution in [3.8, 4) is 11.5 Å². The van der Waals surface area contributed by atoms with Crippen LogP contribution in [0.15, 0.2) is 48.5 Å². The van der Waals surface area contributed by atoms with Crippen molar-refractivity contribution in [2.24, 2.45) is 0 Å². The minimum Gasteiger partial charge on any atom is -0.497 e. The standard InChI is InChI=1S/C21H24N2O5/c1-27-17-10-4-15(5-11-17)22-21(26)23-16-6-12-19(13-7-16)28-18-8-2-14(3-9-18)20(24)25/h2-5,8-11,16,19H,6-7,12-13H2,1H3,(H,24,25)(H2,22,23,26). The van der Waals surface area contributed by atoms with E-state index < -0.39 is 5.97 Å². The van der Waals surface area contributed by atoms with Crippen molar-refractivity contribution in [2.75, 3.05) is 12.4 Å². The third-order valence-electron chi connectivity index (χ3n) is 4.76. The Morgan fingerprint density at radius 3 is 2.11 bits per heavy atom.